The van der Waals surface area contributed by atoms with Gasteiger partial charge in [0, 0.05) is 6.20 Å². The Labute approximate surface area is 201 Å². The molecule has 0 radical (unpaired) electrons. The molecule has 0 fully saturated rings. The maximum atomic E-state index is 5.90. The third-order valence-corrected chi connectivity index (χ3v) is 5.86. The zero-order valence-electron chi connectivity index (χ0n) is 19.7. The Hall–Kier alpha value is -4.53. The fraction of sp³-hybridized carbons (Fsp3) is 0.192. The van der Waals surface area contributed by atoms with Gasteiger partial charge in [-0.25, -0.2) is 23.8 Å². The Morgan fingerprint density at radius 1 is 0.886 bits per heavy atom. The van der Waals surface area contributed by atoms with Crippen LogP contribution in [0.4, 0.5) is 0 Å². The number of para-hydroxylation sites is 1. The van der Waals surface area contributed by atoms with Crippen LogP contribution in [0.3, 0.4) is 0 Å². The van der Waals surface area contributed by atoms with Crippen LogP contribution >= 0.6 is 0 Å². The van der Waals surface area contributed by atoms with Crippen LogP contribution in [0.25, 0.3) is 33.9 Å². The fourth-order valence-electron chi connectivity index (χ4n) is 3.93. The summed E-state index contributed by atoms with van der Waals surface area (Å²) in [5.41, 5.74) is 4.37. The van der Waals surface area contributed by atoms with Gasteiger partial charge in [0.2, 0.25) is 5.82 Å². The highest BCUT2D eigenvalue weighted by Gasteiger charge is 2.16. The zero-order chi connectivity index (χ0) is 24.0. The molecule has 35 heavy (non-hydrogen) atoms. The van der Waals surface area contributed by atoms with Crippen LogP contribution in [0.2, 0.25) is 0 Å². The highest BCUT2D eigenvalue weighted by molar-refractivity contribution is 5.89. The van der Waals surface area contributed by atoms with Crippen molar-refractivity contribution in [1.82, 2.24) is 39.1 Å². The minimum absolute atomic E-state index is 0.109. The molecule has 0 spiro atoms. The van der Waals surface area contributed by atoms with Crippen molar-refractivity contribution in [3.8, 4) is 23.0 Å². The van der Waals surface area contributed by atoms with Gasteiger partial charge in [-0.2, -0.15) is 10.2 Å². The average Bonchev–Trinajstić information content (AvgIpc) is 3.60. The highest BCUT2D eigenvalue weighted by Crippen LogP contribution is 2.25. The number of rotatable bonds is 5. The van der Waals surface area contributed by atoms with Crippen LogP contribution in [0, 0.1) is 0 Å². The van der Waals surface area contributed by atoms with E-state index in [1.165, 1.54) is 5.56 Å². The second-order valence-electron chi connectivity index (χ2n) is 9.37. The summed E-state index contributed by atoms with van der Waals surface area (Å²) in [4.78, 5) is 9.28. The van der Waals surface area contributed by atoms with Crippen LogP contribution < -0.4 is 4.74 Å². The van der Waals surface area contributed by atoms with E-state index in [2.05, 4.69) is 53.2 Å². The van der Waals surface area contributed by atoms with E-state index in [1.54, 1.807) is 26.4 Å². The first-order chi connectivity index (χ1) is 17.0. The van der Waals surface area contributed by atoms with Gasteiger partial charge in [-0.3, -0.25) is 0 Å². The van der Waals surface area contributed by atoms with Gasteiger partial charge < -0.3 is 4.74 Å². The Morgan fingerprint density at radius 3 is 2.46 bits per heavy atom. The van der Waals surface area contributed by atoms with Crippen molar-refractivity contribution in [2.75, 3.05) is 0 Å². The van der Waals surface area contributed by atoms with Crippen LogP contribution in [-0.4, -0.2) is 39.1 Å². The second-order valence-corrected chi connectivity index (χ2v) is 9.37. The first-order valence-corrected chi connectivity index (χ1v) is 11.4. The summed E-state index contributed by atoms with van der Waals surface area (Å²) in [5.74, 6) is 1.31. The largest absolute Gasteiger partial charge is 0.471 e. The molecule has 174 valence electrons. The fourth-order valence-corrected chi connectivity index (χ4v) is 3.93. The Balaban J connectivity index is 1.24. The smallest absolute Gasteiger partial charge is 0.202 e. The van der Waals surface area contributed by atoms with Gasteiger partial charge in [-0.15, -0.1) is 5.10 Å². The lowest BCUT2D eigenvalue weighted by atomic mass is 9.87. The number of ether oxygens (including phenoxy) is 1. The normalized spacial score (nSPS) is 12.0. The summed E-state index contributed by atoms with van der Waals surface area (Å²) >= 11 is 0. The SMILES string of the molecule is CC(C)(C)c1ccc(OCn2ccc(-c3nc4c5cnn(-c6ccccc6)c5ncn4n3)n2)cc1. The Morgan fingerprint density at radius 2 is 1.69 bits per heavy atom. The standard InChI is InChI=1S/C26H24N8O/c1-26(2,3)18-9-11-20(12-10-18)35-17-32-14-13-22(30-32)23-29-25-21-15-28-34(19-7-5-4-6-8-19)24(21)27-16-33(25)31-23/h4-16H,17H2,1-3H3. The molecular formula is C26H24N8O. The summed E-state index contributed by atoms with van der Waals surface area (Å²) in [5, 5.41) is 14.5. The van der Waals surface area contributed by atoms with Crippen LogP contribution in [0.1, 0.15) is 26.3 Å². The molecule has 0 saturated carbocycles. The number of hydrogen-bond donors (Lipinski definition) is 0. The predicted molar refractivity (Wildman–Crippen MR) is 132 cm³/mol. The molecule has 0 saturated heterocycles. The zero-order valence-corrected chi connectivity index (χ0v) is 19.7. The van der Waals surface area contributed by atoms with Gasteiger partial charge in [0.05, 0.1) is 17.3 Å². The molecule has 0 atom stereocenters. The van der Waals surface area contributed by atoms with Gasteiger partial charge in [0.25, 0.3) is 0 Å². The van der Waals surface area contributed by atoms with Crippen molar-refractivity contribution in [3.63, 3.8) is 0 Å². The topological polar surface area (TPSA) is 88.0 Å². The lowest BCUT2D eigenvalue weighted by Gasteiger charge is -2.19. The van der Waals surface area contributed by atoms with E-state index >= 15 is 0 Å². The molecule has 9 heteroatoms. The van der Waals surface area contributed by atoms with E-state index in [1.807, 2.05) is 54.7 Å². The van der Waals surface area contributed by atoms with Crippen molar-refractivity contribution >= 4 is 16.7 Å². The second kappa shape index (κ2) is 8.05. The molecule has 4 aromatic heterocycles. The molecule has 0 N–H and O–H groups in total. The van der Waals surface area contributed by atoms with E-state index in [9.17, 15) is 0 Å². The molecule has 6 aromatic rings. The molecule has 0 bridgehead atoms. The highest BCUT2D eigenvalue weighted by atomic mass is 16.5. The molecule has 2 aromatic carbocycles. The molecule has 0 unspecified atom stereocenters. The first kappa shape index (κ1) is 21.0. The molecule has 9 nitrogen and oxygen atoms in total. The summed E-state index contributed by atoms with van der Waals surface area (Å²) in [6.45, 7) is 6.87. The molecule has 0 aliphatic heterocycles. The summed E-state index contributed by atoms with van der Waals surface area (Å²) in [7, 11) is 0. The number of benzene rings is 2. The molecular weight excluding hydrogens is 440 g/mol. The maximum absolute atomic E-state index is 5.90. The van der Waals surface area contributed by atoms with E-state index in [0.717, 1.165) is 22.5 Å². The summed E-state index contributed by atoms with van der Waals surface area (Å²) in [6, 6.07) is 19.9. The van der Waals surface area contributed by atoms with E-state index in [-0.39, 0.29) is 12.1 Å². The molecule has 0 aliphatic rings. The number of aromatic nitrogens is 8. The van der Waals surface area contributed by atoms with Gasteiger partial charge in [-0.1, -0.05) is 51.1 Å². The van der Waals surface area contributed by atoms with Crippen molar-refractivity contribution < 1.29 is 4.74 Å². The van der Waals surface area contributed by atoms with Gasteiger partial charge >= 0.3 is 0 Å². The lowest BCUT2D eigenvalue weighted by Crippen LogP contribution is -2.11. The molecule has 0 aliphatic carbocycles. The van der Waals surface area contributed by atoms with Gasteiger partial charge in [-0.05, 0) is 41.3 Å². The number of hydrogen-bond acceptors (Lipinski definition) is 6. The lowest BCUT2D eigenvalue weighted by molar-refractivity contribution is 0.221. The van der Waals surface area contributed by atoms with Crippen LogP contribution in [0.5, 0.6) is 5.75 Å². The van der Waals surface area contributed by atoms with E-state index in [0.29, 0.717) is 17.2 Å². The Kier molecular flexibility index (Phi) is 4.84. The number of nitrogens with zero attached hydrogens (tertiary/aromatic N) is 8. The molecule has 0 amide bonds. The third-order valence-electron chi connectivity index (χ3n) is 5.86. The summed E-state index contributed by atoms with van der Waals surface area (Å²) in [6.07, 6.45) is 5.27. The minimum Gasteiger partial charge on any atom is -0.471 e. The predicted octanol–water partition coefficient (Wildman–Crippen LogP) is 4.66. The van der Waals surface area contributed by atoms with Crippen LogP contribution in [0.15, 0.2) is 79.4 Å². The van der Waals surface area contributed by atoms with Crippen molar-refractivity contribution in [2.45, 2.75) is 32.9 Å². The minimum atomic E-state index is 0.109. The Bertz CT molecular complexity index is 1620. The molecule has 4 heterocycles. The maximum Gasteiger partial charge on any atom is 0.202 e. The average molecular weight is 465 g/mol. The molecule has 6 rings (SSSR count). The summed E-state index contributed by atoms with van der Waals surface area (Å²) < 4.78 is 11.1. The van der Waals surface area contributed by atoms with Crippen molar-refractivity contribution in [1.29, 1.82) is 0 Å². The van der Waals surface area contributed by atoms with Gasteiger partial charge in [0.1, 0.15) is 17.8 Å². The number of fused-ring (bicyclic) bond motifs is 3. The van der Waals surface area contributed by atoms with E-state index in [4.69, 9.17) is 9.72 Å². The van der Waals surface area contributed by atoms with Crippen LogP contribution in [-0.2, 0) is 12.1 Å². The van der Waals surface area contributed by atoms with Crippen molar-refractivity contribution in [3.05, 3.63) is 84.9 Å². The quantitative estimate of drug-likeness (QED) is 0.369. The monoisotopic (exact) mass is 464 g/mol. The van der Waals surface area contributed by atoms with E-state index < -0.39 is 0 Å². The van der Waals surface area contributed by atoms with Gasteiger partial charge in [0.15, 0.2) is 18.0 Å². The first-order valence-electron chi connectivity index (χ1n) is 11.4. The third kappa shape index (κ3) is 3.90. The van der Waals surface area contributed by atoms with Crippen molar-refractivity contribution in [2.24, 2.45) is 0 Å².